The molecule has 0 saturated carbocycles. The quantitative estimate of drug-likeness (QED) is 0.360. The predicted molar refractivity (Wildman–Crippen MR) is 131 cm³/mol. The molecule has 0 spiro atoms. The van der Waals surface area contributed by atoms with Crippen LogP contribution >= 0.6 is 0 Å². The molecule has 2 amide bonds. The van der Waals surface area contributed by atoms with Gasteiger partial charge in [-0.05, 0) is 56.0 Å². The number of aromatic nitrogens is 3. The van der Waals surface area contributed by atoms with Crippen molar-refractivity contribution in [1.29, 1.82) is 0 Å². The second kappa shape index (κ2) is 11.3. The van der Waals surface area contributed by atoms with Crippen molar-refractivity contribution >= 4 is 17.6 Å². The van der Waals surface area contributed by atoms with E-state index in [1.165, 1.54) is 18.3 Å². The summed E-state index contributed by atoms with van der Waals surface area (Å²) in [4.78, 5) is 31.5. The average molecular weight is 498 g/mol. The van der Waals surface area contributed by atoms with Crippen molar-refractivity contribution < 1.29 is 18.4 Å². The number of likely N-dealkylation sites (tertiary alicyclic amines) is 1. The molecule has 1 aliphatic heterocycles. The molecule has 1 aliphatic rings. The van der Waals surface area contributed by atoms with Crippen LogP contribution in [0.4, 0.5) is 14.6 Å². The summed E-state index contributed by atoms with van der Waals surface area (Å²) in [5, 5.41) is 12.4. The Morgan fingerprint density at radius 3 is 2.83 bits per heavy atom. The molecule has 11 heteroatoms. The van der Waals surface area contributed by atoms with Gasteiger partial charge in [0.25, 0.3) is 5.91 Å². The number of hydrogen-bond donors (Lipinski definition) is 4. The van der Waals surface area contributed by atoms with E-state index in [9.17, 15) is 18.4 Å². The van der Waals surface area contributed by atoms with Gasteiger partial charge in [0.15, 0.2) is 5.82 Å². The second-order valence-electron chi connectivity index (χ2n) is 8.82. The van der Waals surface area contributed by atoms with Gasteiger partial charge in [-0.1, -0.05) is 12.1 Å². The average Bonchev–Trinajstić information content (AvgIpc) is 3.55. The van der Waals surface area contributed by atoms with Crippen LogP contribution in [0.3, 0.4) is 0 Å². The first-order valence-corrected chi connectivity index (χ1v) is 11.9. The van der Waals surface area contributed by atoms with E-state index in [0.717, 1.165) is 24.5 Å². The third-order valence-corrected chi connectivity index (χ3v) is 6.12. The summed E-state index contributed by atoms with van der Waals surface area (Å²) in [7, 11) is 0. The van der Waals surface area contributed by atoms with Gasteiger partial charge in [-0.2, -0.15) is 5.10 Å². The van der Waals surface area contributed by atoms with Gasteiger partial charge in [-0.3, -0.25) is 14.7 Å². The van der Waals surface area contributed by atoms with E-state index in [2.05, 4.69) is 25.8 Å². The lowest BCUT2D eigenvalue weighted by Gasteiger charge is -2.26. The number of anilines is 1. The molecule has 0 aliphatic carbocycles. The molecule has 9 nitrogen and oxygen atoms in total. The molecule has 0 radical (unpaired) electrons. The molecule has 2 atom stereocenters. The number of carbonyl (C=O) groups excluding carboxylic acids is 2. The van der Waals surface area contributed by atoms with Crippen LogP contribution in [-0.2, 0) is 11.2 Å². The fourth-order valence-electron chi connectivity index (χ4n) is 4.30. The third kappa shape index (κ3) is 5.85. The number of halogens is 2. The van der Waals surface area contributed by atoms with E-state index in [1.54, 1.807) is 30.0 Å². The summed E-state index contributed by atoms with van der Waals surface area (Å²) in [6.07, 6.45) is 3.50. The number of pyridine rings is 1. The molecule has 190 valence electrons. The van der Waals surface area contributed by atoms with Crippen LogP contribution in [0.25, 0.3) is 11.4 Å². The van der Waals surface area contributed by atoms with Gasteiger partial charge in [0.1, 0.15) is 17.3 Å². The maximum Gasteiger partial charge on any atom is 0.255 e. The smallest absolute Gasteiger partial charge is 0.255 e. The van der Waals surface area contributed by atoms with Crippen LogP contribution < -0.4 is 16.4 Å². The van der Waals surface area contributed by atoms with Crippen molar-refractivity contribution in [2.24, 2.45) is 5.73 Å². The van der Waals surface area contributed by atoms with Gasteiger partial charge < -0.3 is 21.3 Å². The normalized spacial score (nSPS) is 16.1. The van der Waals surface area contributed by atoms with Crippen LogP contribution in [0.2, 0.25) is 0 Å². The molecule has 1 fully saturated rings. The highest BCUT2D eigenvalue weighted by atomic mass is 19.1. The summed E-state index contributed by atoms with van der Waals surface area (Å²) in [5.41, 5.74) is 6.92. The van der Waals surface area contributed by atoms with Gasteiger partial charge in [-0.25, -0.2) is 13.8 Å². The number of hydrogen-bond acceptors (Lipinski definition) is 6. The Hall–Kier alpha value is -3.86. The summed E-state index contributed by atoms with van der Waals surface area (Å²) >= 11 is 0. The summed E-state index contributed by atoms with van der Waals surface area (Å²) in [6.45, 7) is 2.77. The molecule has 0 unspecified atom stereocenters. The van der Waals surface area contributed by atoms with E-state index in [0.29, 0.717) is 25.2 Å². The minimum atomic E-state index is -0.685. The molecule has 0 bridgehead atoms. The molecule has 3 heterocycles. The predicted octanol–water partition coefficient (Wildman–Crippen LogP) is 2.47. The molecule has 1 saturated heterocycles. The minimum Gasteiger partial charge on any atom is -0.369 e. The highest BCUT2D eigenvalue weighted by molar-refractivity contribution is 5.99. The van der Waals surface area contributed by atoms with Gasteiger partial charge in [-0.15, -0.1) is 0 Å². The molecule has 5 N–H and O–H groups in total. The van der Waals surface area contributed by atoms with Gasteiger partial charge in [0.2, 0.25) is 5.91 Å². The van der Waals surface area contributed by atoms with Crippen molar-refractivity contribution in [2.75, 3.05) is 25.0 Å². The largest absolute Gasteiger partial charge is 0.369 e. The Labute approximate surface area is 207 Å². The number of rotatable bonds is 9. The van der Waals surface area contributed by atoms with Gasteiger partial charge in [0, 0.05) is 31.9 Å². The topological polar surface area (TPSA) is 129 Å². The zero-order chi connectivity index (χ0) is 25.7. The zero-order valence-corrected chi connectivity index (χ0v) is 19.9. The number of benzene rings is 1. The summed E-state index contributed by atoms with van der Waals surface area (Å²) < 4.78 is 28.5. The van der Waals surface area contributed by atoms with E-state index in [4.69, 9.17) is 5.73 Å². The van der Waals surface area contributed by atoms with Crippen LogP contribution in [0.1, 0.15) is 35.7 Å². The van der Waals surface area contributed by atoms with Crippen molar-refractivity contribution in [3.8, 4) is 11.4 Å². The second-order valence-corrected chi connectivity index (χ2v) is 8.82. The lowest BCUT2D eigenvalue weighted by molar-refractivity contribution is -0.132. The lowest BCUT2D eigenvalue weighted by atomic mass is 10.1. The molecule has 4 rings (SSSR count). The fourth-order valence-corrected chi connectivity index (χ4v) is 4.30. The summed E-state index contributed by atoms with van der Waals surface area (Å²) in [6, 6.07) is 8.11. The standard InChI is InChI=1S/C25H29F2N7O2/c1-15(28)25(36)34-11-3-6-18(34)14-30-24(35)19-13-20(27)22(21-8-10-31-33-21)32-23(19)29-9-7-16-4-2-5-17(26)12-16/h2,4-5,8,10,12-13,15,18H,3,6-7,9,11,14,28H2,1H3,(H,29,32)(H,30,35)(H,31,33)/t15-,18+/m0/s1. The van der Waals surface area contributed by atoms with Gasteiger partial charge in [0.05, 0.1) is 17.3 Å². The Morgan fingerprint density at radius 1 is 1.28 bits per heavy atom. The Kier molecular flexibility index (Phi) is 7.89. The lowest BCUT2D eigenvalue weighted by Crippen LogP contribution is -2.48. The Balaban J connectivity index is 1.51. The highest BCUT2D eigenvalue weighted by Gasteiger charge is 2.31. The zero-order valence-electron chi connectivity index (χ0n) is 19.9. The number of amides is 2. The Morgan fingerprint density at radius 2 is 2.11 bits per heavy atom. The van der Waals surface area contributed by atoms with Crippen molar-refractivity contribution in [3.63, 3.8) is 0 Å². The third-order valence-electron chi connectivity index (χ3n) is 6.12. The fraction of sp³-hybridized carbons (Fsp3) is 0.360. The van der Waals surface area contributed by atoms with Crippen LogP contribution in [0.15, 0.2) is 42.6 Å². The maximum atomic E-state index is 15.0. The minimum absolute atomic E-state index is 0.0156. The Bertz CT molecular complexity index is 1220. The monoisotopic (exact) mass is 497 g/mol. The van der Waals surface area contributed by atoms with E-state index < -0.39 is 17.8 Å². The molecule has 36 heavy (non-hydrogen) atoms. The van der Waals surface area contributed by atoms with Crippen LogP contribution in [-0.4, -0.2) is 63.6 Å². The first-order chi connectivity index (χ1) is 17.3. The molecule has 1 aromatic carbocycles. The van der Waals surface area contributed by atoms with Crippen molar-refractivity contribution in [2.45, 2.75) is 38.3 Å². The number of nitrogens with zero attached hydrogens (tertiary/aromatic N) is 3. The molecule has 3 aromatic rings. The molecular formula is C25H29F2N7O2. The number of H-pyrrole nitrogens is 1. The molecular weight excluding hydrogens is 468 g/mol. The van der Waals surface area contributed by atoms with E-state index in [1.807, 2.05) is 0 Å². The maximum absolute atomic E-state index is 15.0. The first kappa shape index (κ1) is 25.2. The number of aromatic amines is 1. The van der Waals surface area contributed by atoms with Gasteiger partial charge >= 0.3 is 0 Å². The van der Waals surface area contributed by atoms with Crippen molar-refractivity contribution in [1.82, 2.24) is 25.4 Å². The summed E-state index contributed by atoms with van der Waals surface area (Å²) in [5.74, 6) is -1.52. The number of nitrogens with two attached hydrogens (primary N) is 1. The van der Waals surface area contributed by atoms with Crippen molar-refractivity contribution in [3.05, 3.63) is 65.4 Å². The SMILES string of the molecule is C[C@H](N)C(=O)N1CCC[C@@H]1CNC(=O)c1cc(F)c(-c2ccn[nH]2)nc1NCCc1cccc(F)c1. The van der Waals surface area contributed by atoms with Crippen LogP contribution in [0.5, 0.6) is 0 Å². The van der Waals surface area contributed by atoms with E-state index >= 15 is 0 Å². The first-order valence-electron chi connectivity index (χ1n) is 11.9. The highest BCUT2D eigenvalue weighted by Crippen LogP contribution is 2.25. The molecule has 2 aromatic heterocycles. The van der Waals surface area contributed by atoms with E-state index in [-0.39, 0.29) is 41.4 Å². The number of nitrogens with one attached hydrogen (secondary N) is 3. The number of carbonyl (C=O) groups is 2. The van der Waals surface area contributed by atoms with Crippen LogP contribution in [0, 0.1) is 11.6 Å².